The number of anilines is 1. The van der Waals surface area contributed by atoms with Gasteiger partial charge < -0.3 is 10.2 Å². The maximum atomic E-state index is 13.8. The molecule has 7 heteroatoms. The molecule has 0 aliphatic carbocycles. The third kappa shape index (κ3) is 3.59. The standard InChI is InChI=1S/C16H16ClFN4O/c17-12-5-1-6-13(18)14(12)15(23)21-11-4-2-9-22(10-11)16-19-7-3-8-20-16/h1,3,5-8,11H,2,4,9-10H2,(H,21,23)/t11-/m1/s1. The highest BCUT2D eigenvalue weighted by molar-refractivity contribution is 6.33. The van der Waals surface area contributed by atoms with Gasteiger partial charge in [-0.2, -0.15) is 0 Å². The number of nitrogens with one attached hydrogen (secondary N) is 1. The minimum absolute atomic E-state index is 0.101. The van der Waals surface area contributed by atoms with Gasteiger partial charge in [-0.1, -0.05) is 17.7 Å². The number of carbonyl (C=O) groups excluding carboxylic acids is 1. The Hall–Kier alpha value is -2.21. The highest BCUT2D eigenvalue weighted by Crippen LogP contribution is 2.20. The first-order chi connectivity index (χ1) is 11.1. The second kappa shape index (κ2) is 6.91. The highest BCUT2D eigenvalue weighted by atomic mass is 35.5. The SMILES string of the molecule is O=C(N[C@@H]1CCCN(c2ncccn2)C1)c1c(F)cccc1Cl. The van der Waals surface area contributed by atoms with Gasteiger partial charge in [-0.05, 0) is 31.0 Å². The molecule has 1 saturated heterocycles. The van der Waals surface area contributed by atoms with Crippen LogP contribution in [0, 0.1) is 5.82 Å². The van der Waals surface area contributed by atoms with E-state index in [0.717, 1.165) is 19.4 Å². The van der Waals surface area contributed by atoms with Gasteiger partial charge in [0.15, 0.2) is 0 Å². The van der Waals surface area contributed by atoms with E-state index in [2.05, 4.69) is 15.3 Å². The Labute approximate surface area is 138 Å². The number of aromatic nitrogens is 2. The van der Waals surface area contributed by atoms with Gasteiger partial charge in [-0.15, -0.1) is 0 Å². The number of carbonyl (C=O) groups is 1. The van der Waals surface area contributed by atoms with Crippen molar-refractivity contribution < 1.29 is 9.18 Å². The van der Waals surface area contributed by atoms with Crippen LogP contribution in [0.4, 0.5) is 10.3 Å². The molecule has 1 amide bonds. The molecular weight excluding hydrogens is 319 g/mol. The van der Waals surface area contributed by atoms with Gasteiger partial charge >= 0.3 is 0 Å². The summed E-state index contributed by atoms with van der Waals surface area (Å²) in [7, 11) is 0. The summed E-state index contributed by atoms with van der Waals surface area (Å²) in [4.78, 5) is 22.8. The number of piperidine rings is 1. The Kier molecular flexibility index (Phi) is 4.71. The van der Waals surface area contributed by atoms with Crippen molar-refractivity contribution in [1.29, 1.82) is 0 Å². The zero-order valence-electron chi connectivity index (χ0n) is 12.4. The lowest BCUT2D eigenvalue weighted by Crippen LogP contribution is -2.48. The van der Waals surface area contributed by atoms with Crippen LogP contribution >= 0.6 is 11.6 Å². The first-order valence-electron chi connectivity index (χ1n) is 7.42. The van der Waals surface area contributed by atoms with Crippen LogP contribution in [0.25, 0.3) is 0 Å². The third-order valence-corrected chi connectivity index (χ3v) is 4.10. The minimum Gasteiger partial charge on any atom is -0.347 e. The molecule has 0 saturated carbocycles. The molecule has 1 aliphatic rings. The number of benzene rings is 1. The van der Waals surface area contributed by atoms with Crippen molar-refractivity contribution in [3.63, 3.8) is 0 Å². The summed E-state index contributed by atoms with van der Waals surface area (Å²) in [6, 6.07) is 5.86. The van der Waals surface area contributed by atoms with E-state index in [1.165, 1.54) is 18.2 Å². The molecular formula is C16H16ClFN4O. The van der Waals surface area contributed by atoms with E-state index in [0.29, 0.717) is 12.5 Å². The van der Waals surface area contributed by atoms with E-state index in [4.69, 9.17) is 11.6 Å². The molecule has 1 aliphatic heterocycles. The zero-order chi connectivity index (χ0) is 16.2. The summed E-state index contributed by atoms with van der Waals surface area (Å²) < 4.78 is 13.8. The van der Waals surface area contributed by atoms with Crippen LogP contribution in [-0.4, -0.2) is 35.0 Å². The molecule has 1 fully saturated rings. The molecule has 0 radical (unpaired) electrons. The van der Waals surface area contributed by atoms with Crippen molar-refractivity contribution in [2.24, 2.45) is 0 Å². The van der Waals surface area contributed by atoms with Crippen LogP contribution in [-0.2, 0) is 0 Å². The molecule has 120 valence electrons. The number of amides is 1. The largest absolute Gasteiger partial charge is 0.347 e. The molecule has 0 spiro atoms. The van der Waals surface area contributed by atoms with E-state index < -0.39 is 11.7 Å². The van der Waals surface area contributed by atoms with E-state index in [1.54, 1.807) is 18.5 Å². The van der Waals surface area contributed by atoms with Crippen molar-refractivity contribution in [3.05, 3.63) is 53.1 Å². The summed E-state index contributed by atoms with van der Waals surface area (Å²) in [6.07, 6.45) is 5.09. The smallest absolute Gasteiger partial charge is 0.256 e. The topological polar surface area (TPSA) is 58.1 Å². The monoisotopic (exact) mass is 334 g/mol. The lowest BCUT2D eigenvalue weighted by Gasteiger charge is -2.33. The Morgan fingerprint density at radius 3 is 2.83 bits per heavy atom. The quantitative estimate of drug-likeness (QED) is 0.937. The Balaban J connectivity index is 1.69. The number of halogens is 2. The number of hydrogen-bond acceptors (Lipinski definition) is 4. The zero-order valence-corrected chi connectivity index (χ0v) is 13.1. The minimum atomic E-state index is -0.617. The molecule has 5 nitrogen and oxygen atoms in total. The highest BCUT2D eigenvalue weighted by Gasteiger charge is 2.25. The second-order valence-electron chi connectivity index (χ2n) is 5.40. The van der Waals surface area contributed by atoms with E-state index in [1.807, 2.05) is 4.90 Å². The van der Waals surface area contributed by atoms with Crippen LogP contribution in [0.2, 0.25) is 5.02 Å². The van der Waals surface area contributed by atoms with Crippen molar-refractivity contribution in [2.45, 2.75) is 18.9 Å². The Morgan fingerprint density at radius 1 is 1.30 bits per heavy atom. The number of rotatable bonds is 3. The van der Waals surface area contributed by atoms with Gasteiger partial charge in [-0.25, -0.2) is 14.4 Å². The molecule has 23 heavy (non-hydrogen) atoms. The first kappa shape index (κ1) is 15.7. The fourth-order valence-electron chi connectivity index (χ4n) is 2.70. The van der Waals surface area contributed by atoms with Gasteiger partial charge in [0.2, 0.25) is 5.95 Å². The van der Waals surface area contributed by atoms with E-state index in [9.17, 15) is 9.18 Å². The molecule has 1 atom stereocenters. The van der Waals surface area contributed by atoms with Gasteiger partial charge in [0.25, 0.3) is 5.91 Å². The summed E-state index contributed by atoms with van der Waals surface area (Å²) in [5.41, 5.74) is -0.109. The molecule has 1 aromatic heterocycles. The lowest BCUT2D eigenvalue weighted by molar-refractivity contribution is 0.0929. The molecule has 2 aromatic rings. The fraction of sp³-hybridized carbons (Fsp3) is 0.312. The van der Waals surface area contributed by atoms with Crippen molar-refractivity contribution >= 4 is 23.5 Å². The Morgan fingerprint density at radius 2 is 2.09 bits per heavy atom. The summed E-state index contributed by atoms with van der Waals surface area (Å²) in [6.45, 7) is 1.42. The first-order valence-corrected chi connectivity index (χ1v) is 7.80. The average Bonchev–Trinajstić information content (AvgIpc) is 2.56. The number of nitrogens with zero attached hydrogens (tertiary/aromatic N) is 3. The van der Waals surface area contributed by atoms with Gasteiger partial charge in [0, 0.05) is 31.5 Å². The molecule has 1 N–H and O–H groups in total. The van der Waals surface area contributed by atoms with Gasteiger partial charge in [0.1, 0.15) is 5.82 Å². The summed E-state index contributed by atoms with van der Waals surface area (Å²) in [5, 5.41) is 2.97. The molecule has 0 bridgehead atoms. The maximum absolute atomic E-state index is 13.8. The van der Waals surface area contributed by atoms with Crippen molar-refractivity contribution in [2.75, 3.05) is 18.0 Å². The average molecular weight is 335 g/mol. The number of hydrogen-bond donors (Lipinski definition) is 1. The van der Waals surface area contributed by atoms with Crippen molar-refractivity contribution in [1.82, 2.24) is 15.3 Å². The lowest BCUT2D eigenvalue weighted by atomic mass is 10.1. The third-order valence-electron chi connectivity index (χ3n) is 3.78. The van der Waals surface area contributed by atoms with Crippen LogP contribution in [0.1, 0.15) is 23.2 Å². The molecule has 3 rings (SSSR count). The van der Waals surface area contributed by atoms with Crippen LogP contribution in [0.15, 0.2) is 36.7 Å². The maximum Gasteiger partial charge on any atom is 0.256 e. The van der Waals surface area contributed by atoms with Crippen LogP contribution in [0.3, 0.4) is 0 Å². The van der Waals surface area contributed by atoms with Crippen LogP contribution in [0.5, 0.6) is 0 Å². The fourth-order valence-corrected chi connectivity index (χ4v) is 2.95. The predicted octanol–water partition coefficient (Wildman–Crippen LogP) is 2.67. The van der Waals surface area contributed by atoms with Gasteiger partial charge in [-0.3, -0.25) is 4.79 Å². The molecule has 1 aromatic carbocycles. The predicted molar refractivity (Wildman–Crippen MR) is 86.1 cm³/mol. The Bertz CT molecular complexity index is 677. The molecule has 0 unspecified atom stereocenters. The van der Waals surface area contributed by atoms with E-state index >= 15 is 0 Å². The molecule has 2 heterocycles. The second-order valence-corrected chi connectivity index (χ2v) is 5.81. The van der Waals surface area contributed by atoms with Gasteiger partial charge in [0.05, 0.1) is 10.6 Å². The normalized spacial score (nSPS) is 17.8. The van der Waals surface area contributed by atoms with Crippen molar-refractivity contribution in [3.8, 4) is 0 Å². The summed E-state index contributed by atoms with van der Waals surface area (Å²) in [5.74, 6) is -0.474. The summed E-state index contributed by atoms with van der Waals surface area (Å²) >= 11 is 5.94. The van der Waals surface area contributed by atoms with E-state index in [-0.39, 0.29) is 16.6 Å². The van der Waals surface area contributed by atoms with Crippen LogP contribution < -0.4 is 10.2 Å².